The van der Waals surface area contributed by atoms with Crippen molar-refractivity contribution >= 4 is 30.1 Å². The summed E-state index contributed by atoms with van der Waals surface area (Å²) in [7, 11) is 0. The van der Waals surface area contributed by atoms with E-state index in [2.05, 4.69) is 19.1 Å². The van der Waals surface area contributed by atoms with Crippen molar-refractivity contribution in [3.63, 3.8) is 0 Å². The van der Waals surface area contributed by atoms with Crippen LogP contribution in [0, 0.1) is 5.92 Å². The van der Waals surface area contributed by atoms with Crippen LogP contribution in [0.15, 0.2) is 35.2 Å². The van der Waals surface area contributed by atoms with Crippen LogP contribution in [0.2, 0.25) is 0 Å². The highest BCUT2D eigenvalue weighted by molar-refractivity contribution is 8.00. The Bertz CT molecular complexity index is 416. The van der Waals surface area contributed by atoms with E-state index in [9.17, 15) is 4.79 Å². The van der Waals surface area contributed by atoms with Crippen molar-refractivity contribution in [1.82, 2.24) is 4.90 Å². The van der Waals surface area contributed by atoms with E-state index in [4.69, 9.17) is 5.73 Å². The lowest BCUT2D eigenvalue weighted by molar-refractivity contribution is -0.129. The monoisotopic (exact) mass is 314 g/mol. The molecule has 0 aliphatic carbocycles. The summed E-state index contributed by atoms with van der Waals surface area (Å²) in [6, 6.07) is 10.2. The van der Waals surface area contributed by atoms with Crippen LogP contribution in [0.3, 0.4) is 0 Å². The first kappa shape index (κ1) is 17.3. The summed E-state index contributed by atoms with van der Waals surface area (Å²) in [5, 5.41) is 0.0268. The zero-order valence-corrected chi connectivity index (χ0v) is 13.5. The number of hydrogen-bond acceptors (Lipinski definition) is 3. The Morgan fingerprint density at radius 2 is 2.15 bits per heavy atom. The van der Waals surface area contributed by atoms with Crippen molar-refractivity contribution in [2.45, 2.75) is 29.9 Å². The molecule has 112 valence electrons. The molecule has 1 aliphatic rings. The number of likely N-dealkylation sites (tertiary alicyclic amines) is 1. The number of benzene rings is 1. The Kier molecular flexibility index (Phi) is 7.41. The summed E-state index contributed by atoms with van der Waals surface area (Å²) in [6.45, 7) is 4.47. The molecule has 2 unspecified atom stereocenters. The van der Waals surface area contributed by atoms with Crippen LogP contribution >= 0.6 is 24.2 Å². The van der Waals surface area contributed by atoms with Crippen LogP contribution in [0.5, 0.6) is 0 Å². The van der Waals surface area contributed by atoms with Crippen LogP contribution in [0.1, 0.15) is 19.8 Å². The Hall–Kier alpha value is -0.710. The predicted molar refractivity (Wildman–Crippen MR) is 87.4 cm³/mol. The van der Waals surface area contributed by atoms with Gasteiger partial charge in [0.15, 0.2) is 0 Å². The molecule has 1 aromatic carbocycles. The number of thioether (sulfide) groups is 1. The molecule has 0 saturated carbocycles. The average molecular weight is 315 g/mol. The Labute approximate surface area is 131 Å². The SMILES string of the molecule is CCC(Sc1ccccc1)C(=O)N1CCC(CN)C1.Cl. The van der Waals surface area contributed by atoms with E-state index < -0.39 is 0 Å². The minimum absolute atomic E-state index is 0. The summed E-state index contributed by atoms with van der Waals surface area (Å²) in [6.07, 6.45) is 1.91. The highest BCUT2D eigenvalue weighted by Gasteiger charge is 2.29. The molecule has 0 aromatic heterocycles. The van der Waals surface area contributed by atoms with Crippen LogP contribution < -0.4 is 5.73 Å². The second-order valence-corrected chi connectivity index (χ2v) is 6.28. The van der Waals surface area contributed by atoms with Gasteiger partial charge >= 0.3 is 0 Å². The quantitative estimate of drug-likeness (QED) is 0.850. The van der Waals surface area contributed by atoms with Gasteiger partial charge < -0.3 is 10.6 Å². The predicted octanol–water partition coefficient (Wildman–Crippen LogP) is 2.79. The number of nitrogens with zero attached hydrogens (tertiary/aromatic N) is 1. The molecule has 5 heteroatoms. The number of amides is 1. The topological polar surface area (TPSA) is 46.3 Å². The maximum Gasteiger partial charge on any atom is 0.236 e. The minimum atomic E-state index is 0. The van der Waals surface area contributed by atoms with Crippen molar-refractivity contribution in [2.24, 2.45) is 11.7 Å². The molecule has 0 spiro atoms. The van der Waals surface area contributed by atoms with Gasteiger partial charge in [0.25, 0.3) is 0 Å². The van der Waals surface area contributed by atoms with E-state index in [0.717, 1.165) is 30.8 Å². The van der Waals surface area contributed by atoms with E-state index in [0.29, 0.717) is 12.5 Å². The smallest absolute Gasteiger partial charge is 0.236 e. The lowest BCUT2D eigenvalue weighted by atomic mass is 10.1. The highest BCUT2D eigenvalue weighted by atomic mass is 35.5. The Balaban J connectivity index is 0.00000200. The summed E-state index contributed by atoms with van der Waals surface area (Å²) in [5.74, 6) is 0.760. The minimum Gasteiger partial charge on any atom is -0.341 e. The van der Waals surface area contributed by atoms with E-state index >= 15 is 0 Å². The maximum absolute atomic E-state index is 12.5. The van der Waals surface area contributed by atoms with Crippen molar-refractivity contribution in [3.05, 3.63) is 30.3 Å². The third-order valence-corrected chi connectivity index (χ3v) is 4.96. The van der Waals surface area contributed by atoms with Crippen LogP contribution in [-0.4, -0.2) is 35.7 Å². The molecule has 2 rings (SSSR count). The standard InChI is InChI=1S/C15H22N2OS.ClH/c1-2-14(19-13-6-4-3-5-7-13)15(18)17-9-8-12(10-16)11-17;/h3-7,12,14H,2,8-11,16H2,1H3;1H. The number of carbonyl (C=O) groups excluding carboxylic acids is 1. The van der Waals surface area contributed by atoms with Crippen LogP contribution in [0.4, 0.5) is 0 Å². The van der Waals surface area contributed by atoms with Gasteiger partial charge in [-0.1, -0.05) is 25.1 Å². The summed E-state index contributed by atoms with van der Waals surface area (Å²) in [5.41, 5.74) is 5.69. The van der Waals surface area contributed by atoms with Crippen molar-refractivity contribution < 1.29 is 4.79 Å². The normalized spacial score (nSPS) is 19.5. The molecule has 2 N–H and O–H groups in total. The van der Waals surface area contributed by atoms with Gasteiger partial charge in [0, 0.05) is 18.0 Å². The molecule has 1 heterocycles. The van der Waals surface area contributed by atoms with Gasteiger partial charge in [-0.15, -0.1) is 24.2 Å². The number of hydrogen-bond donors (Lipinski definition) is 1. The van der Waals surface area contributed by atoms with Crippen molar-refractivity contribution in [2.75, 3.05) is 19.6 Å². The van der Waals surface area contributed by atoms with Gasteiger partial charge in [-0.25, -0.2) is 0 Å². The second-order valence-electron chi connectivity index (χ2n) is 5.00. The lowest BCUT2D eigenvalue weighted by Crippen LogP contribution is -2.36. The molecule has 1 aliphatic heterocycles. The fraction of sp³-hybridized carbons (Fsp3) is 0.533. The fourth-order valence-electron chi connectivity index (χ4n) is 2.40. The first-order valence-corrected chi connectivity index (χ1v) is 7.83. The van der Waals surface area contributed by atoms with E-state index in [1.165, 1.54) is 0 Å². The molecule has 0 bridgehead atoms. The highest BCUT2D eigenvalue weighted by Crippen LogP contribution is 2.28. The van der Waals surface area contributed by atoms with Crippen molar-refractivity contribution in [3.8, 4) is 0 Å². The van der Waals surface area contributed by atoms with Crippen molar-refractivity contribution in [1.29, 1.82) is 0 Å². The number of halogens is 1. The van der Waals surface area contributed by atoms with E-state index in [1.54, 1.807) is 11.8 Å². The average Bonchev–Trinajstić information content (AvgIpc) is 2.94. The van der Waals surface area contributed by atoms with Crippen LogP contribution in [0.25, 0.3) is 0 Å². The maximum atomic E-state index is 12.5. The molecule has 2 atom stereocenters. The molecule has 1 amide bonds. The van der Waals surface area contributed by atoms with Gasteiger partial charge in [-0.3, -0.25) is 4.79 Å². The molecular weight excluding hydrogens is 292 g/mol. The first-order chi connectivity index (χ1) is 9.24. The van der Waals surface area contributed by atoms with Gasteiger partial charge in [-0.05, 0) is 37.4 Å². The summed E-state index contributed by atoms with van der Waals surface area (Å²) >= 11 is 1.67. The van der Waals surface area contributed by atoms with Gasteiger partial charge in [0.2, 0.25) is 5.91 Å². The number of carbonyl (C=O) groups is 1. The molecule has 1 saturated heterocycles. The third-order valence-electron chi connectivity index (χ3n) is 3.60. The molecular formula is C15H23ClN2OS. The number of nitrogens with two attached hydrogens (primary N) is 1. The lowest BCUT2D eigenvalue weighted by Gasteiger charge is -2.22. The first-order valence-electron chi connectivity index (χ1n) is 6.95. The summed E-state index contributed by atoms with van der Waals surface area (Å²) < 4.78 is 0. The zero-order valence-electron chi connectivity index (χ0n) is 11.8. The molecule has 1 aromatic rings. The largest absolute Gasteiger partial charge is 0.341 e. The van der Waals surface area contributed by atoms with Gasteiger partial charge in [-0.2, -0.15) is 0 Å². The van der Waals surface area contributed by atoms with Crippen LogP contribution in [-0.2, 0) is 4.79 Å². The Morgan fingerprint density at radius 3 is 2.70 bits per heavy atom. The molecule has 1 fully saturated rings. The van der Waals surface area contributed by atoms with E-state index in [1.807, 2.05) is 23.1 Å². The molecule has 0 radical (unpaired) electrons. The second kappa shape index (κ2) is 8.55. The van der Waals surface area contributed by atoms with Gasteiger partial charge in [0.1, 0.15) is 0 Å². The Morgan fingerprint density at radius 1 is 1.45 bits per heavy atom. The van der Waals surface area contributed by atoms with Gasteiger partial charge in [0.05, 0.1) is 5.25 Å². The van der Waals surface area contributed by atoms with E-state index in [-0.39, 0.29) is 23.6 Å². The summed E-state index contributed by atoms with van der Waals surface area (Å²) in [4.78, 5) is 15.7. The fourth-order valence-corrected chi connectivity index (χ4v) is 3.46. The molecule has 3 nitrogen and oxygen atoms in total. The molecule has 20 heavy (non-hydrogen) atoms. The third kappa shape index (κ3) is 4.40. The zero-order chi connectivity index (χ0) is 13.7. The number of rotatable bonds is 5.